The van der Waals surface area contributed by atoms with Gasteiger partial charge < -0.3 is 10.2 Å². The molecular weight excluding hydrogens is 284 g/mol. The van der Waals surface area contributed by atoms with Crippen LogP contribution in [-0.4, -0.2) is 10.2 Å². The van der Waals surface area contributed by atoms with Gasteiger partial charge in [0.15, 0.2) is 0 Å². The van der Waals surface area contributed by atoms with Gasteiger partial charge in [0.1, 0.15) is 11.5 Å². The maximum absolute atomic E-state index is 10.5. The number of hydrogen-bond acceptors (Lipinski definition) is 2. The SMILES string of the molecule is CCCCC(CCCC)(c1ccccc1O)c1ccccc1O. The minimum absolute atomic E-state index is 0.322. The van der Waals surface area contributed by atoms with Gasteiger partial charge in [0, 0.05) is 16.5 Å². The van der Waals surface area contributed by atoms with E-state index in [1.165, 1.54) is 0 Å². The van der Waals surface area contributed by atoms with E-state index in [1.54, 1.807) is 12.1 Å². The fourth-order valence-electron chi connectivity index (χ4n) is 3.52. The first kappa shape index (κ1) is 17.4. The van der Waals surface area contributed by atoms with Crippen LogP contribution in [0.2, 0.25) is 0 Å². The van der Waals surface area contributed by atoms with Crippen LogP contribution in [0.15, 0.2) is 48.5 Å². The fourth-order valence-corrected chi connectivity index (χ4v) is 3.52. The van der Waals surface area contributed by atoms with Gasteiger partial charge in [0.05, 0.1) is 0 Å². The Labute approximate surface area is 139 Å². The Morgan fingerprint density at radius 2 is 1.09 bits per heavy atom. The van der Waals surface area contributed by atoms with Gasteiger partial charge in [-0.2, -0.15) is 0 Å². The molecule has 2 nitrogen and oxygen atoms in total. The van der Waals surface area contributed by atoms with E-state index in [0.717, 1.165) is 49.7 Å². The molecule has 0 heterocycles. The van der Waals surface area contributed by atoms with E-state index in [-0.39, 0.29) is 5.41 Å². The van der Waals surface area contributed by atoms with E-state index >= 15 is 0 Å². The van der Waals surface area contributed by atoms with Crippen LogP contribution in [0.3, 0.4) is 0 Å². The van der Waals surface area contributed by atoms with Crippen LogP contribution in [-0.2, 0) is 5.41 Å². The summed E-state index contributed by atoms with van der Waals surface area (Å²) in [6.07, 6.45) is 6.17. The quantitative estimate of drug-likeness (QED) is 0.650. The molecule has 0 aliphatic rings. The number of aromatic hydroxyl groups is 2. The predicted molar refractivity (Wildman–Crippen MR) is 96.0 cm³/mol. The van der Waals surface area contributed by atoms with E-state index in [0.29, 0.717) is 11.5 Å². The summed E-state index contributed by atoms with van der Waals surface area (Å²) in [5.74, 6) is 0.644. The van der Waals surface area contributed by atoms with Crippen molar-refractivity contribution in [3.8, 4) is 11.5 Å². The second kappa shape index (κ2) is 8.05. The van der Waals surface area contributed by atoms with Crippen molar-refractivity contribution in [2.75, 3.05) is 0 Å². The number of phenolic OH excluding ortho intramolecular Hbond substituents is 2. The zero-order valence-electron chi connectivity index (χ0n) is 14.3. The molecule has 0 aliphatic heterocycles. The molecule has 0 bridgehead atoms. The minimum atomic E-state index is -0.331. The highest BCUT2D eigenvalue weighted by atomic mass is 16.3. The van der Waals surface area contributed by atoms with Crippen molar-refractivity contribution in [2.24, 2.45) is 0 Å². The topological polar surface area (TPSA) is 40.5 Å². The molecule has 0 fully saturated rings. The standard InChI is InChI=1S/C21H28O2/c1-3-5-15-21(16-6-4-2,17-11-7-9-13-19(17)22)18-12-8-10-14-20(18)23/h7-14,22-23H,3-6,15-16H2,1-2H3. The van der Waals surface area contributed by atoms with Crippen molar-refractivity contribution in [3.05, 3.63) is 59.7 Å². The van der Waals surface area contributed by atoms with Crippen molar-refractivity contribution in [1.82, 2.24) is 0 Å². The van der Waals surface area contributed by atoms with E-state index in [4.69, 9.17) is 0 Å². The fraction of sp³-hybridized carbons (Fsp3) is 0.429. The number of rotatable bonds is 8. The summed E-state index contributed by atoms with van der Waals surface area (Å²) in [6.45, 7) is 4.36. The minimum Gasteiger partial charge on any atom is -0.508 e. The highest BCUT2D eigenvalue weighted by Crippen LogP contribution is 2.47. The molecule has 0 saturated carbocycles. The highest BCUT2D eigenvalue weighted by Gasteiger charge is 2.37. The summed E-state index contributed by atoms with van der Waals surface area (Å²) >= 11 is 0. The number of phenols is 2. The summed E-state index contributed by atoms with van der Waals surface area (Å²) in [5, 5.41) is 21.0. The summed E-state index contributed by atoms with van der Waals surface area (Å²) in [5.41, 5.74) is 1.54. The van der Waals surface area contributed by atoms with Gasteiger partial charge in [-0.1, -0.05) is 75.9 Å². The first-order valence-corrected chi connectivity index (χ1v) is 8.72. The molecule has 0 aromatic heterocycles. The molecular formula is C21H28O2. The summed E-state index contributed by atoms with van der Waals surface area (Å²) in [4.78, 5) is 0. The Hall–Kier alpha value is -1.96. The lowest BCUT2D eigenvalue weighted by atomic mass is 9.67. The summed E-state index contributed by atoms with van der Waals surface area (Å²) in [6, 6.07) is 15.2. The smallest absolute Gasteiger partial charge is 0.119 e. The van der Waals surface area contributed by atoms with Gasteiger partial charge in [-0.3, -0.25) is 0 Å². The molecule has 2 aromatic rings. The third-order valence-corrected chi connectivity index (χ3v) is 4.75. The van der Waals surface area contributed by atoms with E-state index < -0.39 is 0 Å². The van der Waals surface area contributed by atoms with Crippen molar-refractivity contribution in [3.63, 3.8) is 0 Å². The number of unbranched alkanes of at least 4 members (excludes halogenated alkanes) is 2. The van der Waals surface area contributed by atoms with Crippen LogP contribution in [0.25, 0.3) is 0 Å². The maximum Gasteiger partial charge on any atom is 0.119 e. The Bertz CT molecular complexity index is 563. The average molecular weight is 312 g/mol. The lowest BCUT2D eigenvalue weighted by Crippen LogP contribution is -2.28. The Kier molecular flexibility index (Phi) is 6.09. The molecule has 124 valence electrons. The molecule has 0 unspecified atom stereocenters. The Morgan fingerprint density at radius 3 is 1.43 bits per heavy atom. The molecule has 23 heavy (non-hydrogen) atoms. The van der Waals surface area contributed by atoms with Gasteiger partial charge in [0.2, 0.25) is 0 Å². The monoisotopic (exact) mass is 312 g/mol. The molecule has 0 aliphatic carbocycles. The molecule has 2 heteroatoms. The highest BCUT2D eigenvalue weighted by molar-refractivity contribution is 5.51. The molecule has 2 aromatic carbocycles. The third kappa shape index (κ3) is 3.69. The Balaban J connectivity index is 2.64. The number of benzene rings is 2. The average Bonchev–Trinajstić information content (AvgIpc) is 2.57. The van der Waals surface area contributed by atoms with Crippen LogP contribution in [0.5, 0.6) is 11.5 Å². The molecule has 0 radical (unpaired) electrons. The van der Waals surface area contributed by atoms with Crippen LogP contribution in [0.1, 0.15) is 63.5 Å². The summed E-state index contributed by atoms with van der Waals surface area (Å²) in [7, 11) is 0. The second-order valence-corrected chi connectivity index (χ2v) is 6.32. The largest absolute Gasteiger partial charge is 0.508 e. The molecule has 0 amide bonds. The lowest BCUT2D eigenvalue weighted by molar-refractivity contribution is 0.363. The first-order valence-electron chi connectivity index (χ1n) is 8.72. The lowest BCUT2D eigenvalue weighted by Gasteiger charge is -2.36. The zero-order valence-corrected chi connectivity index (χ0v) is 14.3. The zero-order chi connectivity index (χ0) is 16.7. The molecule has 2 N–H and O–H groups in total. The van der Waals surface area contributed by atoms with Crippen LogP contribution >= 0.6 is 0 Å². The van der Waals surface area contributed by atoms with Crippen LogP contribution in [0, 0.1) is 0 Å². The normalized spacial score (nSPS) is 11.6. The second-order valence-electron chi connectivity index (χ2n) is 6.32. The van der Waals surface area contributed by atoms with Crippen molar-refractivity contribution in [1.29, 1.82) is 0 Å². The van der Waals surface area contributed by atoms with Crippen molar-refractivity contribution in [2.45, 2.75) is 57.8 Å². The van der Waals surface area contributed by atoms with E-state index in [1.807, 2.05) is 36.4 Å². The maximum atomic E-state index is 10.5. The van der Waals surface area contributed by atoms with Crippen molar-refractivity contribution >= 4 is 0 Å². The van der Waals surface area contributed by atoms with Crippen LogP contribution in [0.4, 0.5) is 0 Å². The summed E-state index contributed by atoms with van der Waals surface area (Å²) < 4.78 is 0. The molecule has 0 spiro atoms. The first-order chi connectivity index (χ1) is 11.2. The Morgan fingerprint density at radius 1 is 0.696 bits per heavy atom. The predicted octanol–water partition coefficient (Wildman–Crippen LogP) is 5.76. The van der Waals surface area contributed by atoms with Gasteiger partial charge in [-0.05, 0) is 25.0 Å². The van der Waals surface area contributed by atoms with Gasteiger partial charge in [-0.15, -0.1) is 0 Å². The van der Waals surface area contributed by atoms with Gasteiger partial charge >= 0.3 is 0 Å². The molecule has 2 rings (SSSR count). The van der Waals surface area contributed by atoms with Gasteiger partial charge in [-0.25, -0.2) is 0 Å². The number of para-hydroxylation sites is 2. The molecule has 0 saturated heterocycles. The third-order valence-electron chi connectivity index (χ3n) is 4.75. The van der Waals surface area contributed by atoms with Crippen molar-refractivity contribution < 1.29 is 10.2 Å². The molecule has 0 atom stereocenters. The van der Waals surface area contributed by atoms with Gasteiger partial charge in [0.25, 0.3) is 0 Å². The number of hydrogen-bond donors (Lipinski definition) is 2. The van der Waals surface area contributed by atoms with Crippen LogP contribution < -0.4 is 0 Å². The van der Waals surface area contributed by atoms with E-state index in [2.05, 4.69) is 13.8 Å². The van der Waals surface area contributed by atoms with E-state index in [9.17, 15) is 10.2 Å².